The van der Waals surface area contributed by atoms with Crippen molar-refractivity contribution in [2.75, 3.05) is 0 Å². The molecule has 3 radical (unpaired) electrons. The highest BCUT2D eigenvalue weighted by atomic mass is 28.1. The molecule has 0 bridgehead atoms. The van der Waals surface area contributed by atoms with Gasteiger partial charge in [0.25, 0.3) is 0 Å². The lowest BCUT2D eigenvalue weighted by molar-refractivity contribution is 1.18. The molecule has 0 saturated carbocycles. The minimum Gasteiger partial charge on any atom is -0.236 e. The minimum atomic E-state index is 0.756. The summed E-state index contributed by atoms with van der Waals surface area (Å²) in [5.41, 5.74) is 5.71. The van der Waals surface area contributed by atoms with Gasteiger partial charge in [-0.2, -0.15) is 0 Å². The first-order valence-electron chi connectivity index (χ1n) is 6.89. The van der Waals surface area contributed by atoms with E-state index in [1.54, 1.807) is 0 Å². The molecule has 2 aromatic carbocycles. The van der Waals surface area contributed by atoms with Gasteiger partial charge in [-0.25, -0.2) is 9.97 Å². The van der Waals surface area contributed by atoms with Crippen molar-refractivity contribution in [3.63, 3.8) is 0 Å². The Balaban J connectivity index is 1.87. The second-order valence-electron chi connectivity index (χ2n) is 5.04. The fourth-order valence-electron chi connectivity index (χ4n) is 2.14. The zero-order valence-electron chi connectivity index (χ0n) is 11.9. The van der Waals surface area contributed by atoms with Gasteiger partial charge in [-0.1, -0.05) is 59.7 Å². The van der Waals surface area contributed by atoms with Crippen molar-refractivity contribution in [1.82, 2.24) is 9.97 Å². The van der Waals surface area contributed by atoms with Gasteiger partial charge in [0.1, 0.15) is 0 Å². The van der Waals surface area contributed by atoms with Gasteiger partial charge in [-0.15, -0.1) is 0 Å². The topological polar surface area (TPSA) is 25.8 Å². The van der Waals surface area contributed by atoms with E-state index < -0.39 is 0 Å². The summed E-state index contributed by atoms with van der Waals surface area (Å²) >= 11 is 0. The Morgan fingerprint density at radius 3 is 1.90 bits per heavy atom. The maximum absolute atomic E-state index is 4.48. The smallest absolute Gasteiger partial charge is 0.159 e. The van der Waals surface area contributed by atoms with Crippen molar-refractivity contribution in [2.24, 2.45) is 0 Å². The monoisotopic (exact) mass is 287 g/mol. The summed E-state index contributed by atoms with van der Waals surface area (Å²) in [6.07, 6.45) is 3.76. The normalized spacial score (nSPS) is 10.6. The third-order valence-electron chi connectivity index (χ3n) is 3.45. The summed E-state index contributed by atoms with van der Waals surface area (Å²) < 4.78 is 0. The fourth-order valence-corrected chi connectivity index (χ4v) is 2.38. The Bertz CT molecular complexity index is 717. The van der Waals surface area contributed by atoms with Crippen molar-refractivity contribution in [3.8, 4) is 22.5 Å². The predicted molar refractivity (Wildman–Crippen MR) is 87.1 cm³/mol. The molecular formula is C18H15N2Si. The summed E-state index contributed by atoms with van der Waals surface area (Å²) in [4.78, 5) is 8.96. The van der Waals surface area contributed by atoms with E-state index in [9.17, 15) is 0 Å². The zero-order valence-corrected chi connectivity index (χ0v) is 12.9. The number of aromatic nitrogens is 2. The second-order valence-corrected chi connectivity index (χ2v) is 5.39. The lowest BCUT2D eigenvalue weighted by atomic mass is 10.1. The fraction of sp³-hybridized carbons (Fsp3) is 0.111. The molecule has 0 amide bonds. The van der Waals surface area contributed by atoms with Gasteiger partial charge in [0.2, 0.25) is 0 Å². The van der Waals surface area contributed by atoms with Crippen LogP contribution in [0.2, 0.25) is 0 Å². The summed E-state index contributed by atoms with van der Waals surface area (Å²) in [6, 6.07) is 17.5. The molecule has 1 heterocycles. The van der Waals surface area contributed by atoms with Crippen LogP contribution in [0.3, 0.4) is 0 Å². The first kappa shape index (κ1) is 13.7. The van der Waals surface area contributed by atoms with Gasteiger partial charge in [0.05, 0.1) is 0 Å². The molecule has 0 saturated heterocycles. The number of aryl methyl sites for hydroxylation is 1. The molecule has 0 atom stereocenters. The molecule has 101 valence electrons. The Morgan fingerprint density at radius 2 is 1.33 bits per heavy atom. The average Bonchev–Trinajstić information content (AvgIpc) is 2.56. The summed E-state index contributed by atoms with van der Waals surface area (Å²) in [7, 11) is 3.50. The summed E-state index contributed by atoms with van der Waals surface area (Å²) in [6.45, 7) is 2.08. The van der Waals surface area contributed by atoms with Crippen molar-refractivity contribution >= 4 is 10.2 Å². The number of benzene rings is 2. The minimum absolute atomic E-state index is 0.756. The average molecular weight is 287 g/mol. The molecule has 3 heteroatoms. The van der Waals surface area contributed by atoms with Crippen LogP contribution in [0, 0.1) is 6.92 Å². The lowest BCUT2D eigenvalue weighted by Crippen LogP contribution is -1.91. The van der Waals surface area contributed by atoms with Gasteiger partial charge in [-0.3, -0.25) is 0 Å². The van der Waals surface area contributed by atoms with Crippen LogP contribution in [0.5, 0.6) is 0 Å². The predicted octanol–water partition coefficient (Wildman–Crippen LogP) is 3.79. The molecule has 0 aliphatic carbocycles. The van der Waals surface area contributed by atoms with Crippen LogP contribution in [0.4, 0.5) is 0 Å². The Kier molecular flexibility index (Phi) is 3.93. The molecule has 0 fully saturated rings. The van der Waals surface area contributed by atoms with Crippen LogP contribution in [0.1, 0.15) is 11.1 Å². The van der Waals surface area contributed by atoms with Crippen LogP contribution in [-0.4, -0.2) is 20.2 Å². The van der Waals surface area contributed by atoms with E-state index in [2.05, 4.69) is 75.7 Å². The molecule has 21 heavy (non-hydrogen) atoms. The Morgan fingerprint density at radius 1 is 0.762 bits per heavy atom. The van der Waals surface area contributed by atoms with Crippen molar-refractivity contribution in [2.45, 2.75) is 13.0 Å². The van der Waals surface area contributed by atoms with Crippen LogP contribution in [0.15, 0.2) is 60.9 Å². The van der Waals surface area contributed by atoms with E-state index in [-0.39, 0.29) is 0 Å². The van der Waals surface area contributed by atoms with Gasteiger partial charge in [-0.05, 0) is 18.5 Å². The third-order valence-corrected chi connectivity index (χ3v) is 3.86. The molecule has 3 rings (SSSR count). The lowest BCUT2D eigenvalue weighted by Gasteiger charge is -2.04. The molecule has 0 aliphatic rings. The van der Waals surface area contributed by atoms with E-state index in [4.69, 9.17) is 0 Å². The summed E-state index contributed by atoms with van der Waals surface area (Å²) in [5.74, 6) is 0.756. The van der Waals surface area contributed by atoms with E-state index in [1.807, 2.05) is 12.4 Å². The largest absolute Gasteiger partial charge is 0.236 e. The SMILES string of the molecule is Cc1ccc(-c2cnc(-c3ccc(C[Si])cc3)nc2)cc1. The Labute approximate surface area is 128 Å². The molecule has 0 unspecified atom stereocenters. The van der Waals surface area contributed by atoms with Gasteiger partial charge in [0, 0.05) is 33.8 Å². The second kappa shape index (κ2) is 6.02. The van der Waals surface area contributed by atoms with Gasteiger partial charge in [0.15, 0.2) is 5.82 Å². The van der Waals surface area contributed by atoms with Crippen LogP contribution < -0.4 is 0 Å². The zero-order chi connectivity index (χ0) is 14.7. The molecule has 0 N–H and O–H groups in total. The number of hydrogen-bond donors (Lipinski definition) is 0. The maximum atomic E-state index is 4.48. The standard InChI is InChI=1S/C18H15N2Si/c1-13-2-6-15(7-3-13)17-10-19-18(20-11-17)16-8-4-14(12-21)5-9-16/h2-11H,12H2,1H3. The van der Waals surface area contributed by atoms with E-state index in [0.29, 0.717) is 0 Å². The first-order chi connectivity index (χ1) is 10.3. The third kappa shape index (κ3) is 3.08. The van der Waals surface area contributed by atoms with E-state index in [1.165, 1.54) is 11.1 Å². The highest BCUT2D eigenvalue weighted by molar-refractivity contribution is 6.08. The highest BCUT2D eigenvalue weighted by Crippen LogP contribution is 2.21. The van der Waals surface area contributed by atoms with Gasteiger partial charge < -0.3 is 0 Å². The quantitative estimate of drug-likeness (QED) is 0.685. The number of hydrogen-bond acceptors (Lipinski definition) is 2. The Hall–Kier alpha value is -2.26. The molecule has 3 aromatic rings. The first-order valence-corrected chi connectivity index (χ1v) is 7.60. The maximum Gasteiger partial charge on any atom is 0.159 e. The van der Waals surface area contributed by atoms with E-state index in [0.717, 1.165) is 28.6 Å². The molecule has 0 spiro atoms. The highest BCUT2D eigenvalue weighted by Gasteiger charge is 2.03. The number of nitrogens with zero attached hydrogens (tertiary/aromatic N) is 2. The van der Waals surface area contributed by atoms with Crippen molar-refractivity contribution in [3.05, 3.63) is 72.1 Å². The summed E-state index contributed by atoms with van der Waals surface area (Å²) in [5, 5.41) is 0. The van der Waals surface area contributed by atoms with Gasteiger partial charge >= 0.3 is 0 Å². The molecule has 2 nitrogen and oxygen atoms in total. The van der Waals surface area contributed by atoms with E-state index >= 15 is 0 Å². The molecule has 0 aliphatic heterocycles. The van der Waals surface area contributed by atoms with Crippen LogP contribution in [0.25, 0.3) is 22.5 Å². The molecular weight excluding hydrogens is 272 g/mol. The van der Waals surface area contributed by atoms with Crippen LogP contribution >= 0.6 is 0 Å². The van der Waals surface area contributed by atoms with Crippen LogP contribution in [-0.2, 0) is 6.04 Å². The number of rotatable bonds is 3. The molecule has 1 aromatic heterocycles. The van der Waals surface area contributed by atoms with Crippen molar-refractivity contribution < 1.29 is 0 Å². The van der Waals surface area contributed by atoms with Crippen molar-refractivity contribution in [1.29, 1.82) is 0 Å².